The Hall–Kier alpha value is -0.550. The quantitative estimate of drug-likeness (QED) is 0.877. The molecule has 1 aromatic rings. The monoisotopic (exact) mass is 253 g/mol. The Labute approximate surface area is 106 Å². The average Bonchev–Trinajstić information content (AvgIpc) is 2.98. The van der Waals surface area contributed by atoms with Crippen LogP contribution in [0.4, 0.5) is 0 Å². The predicted octanol–water partition coefficient (Wildman–Crippen LogP) is 2.62. The molecule has 3 atom stereocenters. The highest BCUT2D eigenvalue weighted by atomic mass is 32.2. The van der Waals surface area contributed by atoms with Gasteiger partial charge in [-0.1, -0.05) is 11.6 Å². The Morgan fingerprint density at radius 2 is 2.18 bits per heavy atom. The molecule has 1 aromatic heterocycles. The van der Waals surface area contributed by atoms with Gasteiger partial charge in [0.1, 0.15) is 0 Å². The summed E-state index contributed by atoms with van der Waals surface area (Å²) in [6.07, 6.45) is 6.98. The first kappa shape index (κ1) is 11.5. The highest BCUT2D eigenvalue weighted by Gasteiger charge is 2.29. The van der Waals surface area contributed by atoms with Crippen LogP contribution in [0.2, 0.25) is 0 Å². The fourth-order valence-electron chi connectivity index (χ4n) is 2.73. The summed E-state index contributed by atoms with van der Waals surface area (Å²) in [7, 11) is 0. The number of rotatable bonds is 2. The van der Waals surface area contributed by atoms with Gasteiger partial charge in [-0.05, 0) is 37.9 Å². The van der Waals surface area contributed by atoms with Crippen molar-refractivity contribution >= 4 is 11.8 Å². The van der Waals surface area contributed by atoms with Crippen molar-refractivity contribution in [1.29, 1.82) is 0 Å². The number of hydrogen-bond donors (Lipinski definition) is 1. The second-order valence-corrected chi connectivity index (χ2v) is 6.43. The van der Waals surface area contributed by atoms with Crippen LogP contribution in [0.5, 0.6) is 0 Å². The molecule has 17 heavy (non-hydrogen) atoms. The van der Waals surface area contributed by atoms with Gasteiger partial charge in [0.05, 0.1) is 5.25 Å². The van der Waals surface area contributed by atoms with Crippen molar-refractivity contribution in [3.8, 4) is 0 Å². The smallest absolute Gasteiger partial charge is 0.229 e. The summed E-state index contributed by atoms with van der Waals surface area (Å²) in [5, 5.41) is 4.62. The predicted molar refractivity (Wildman–Crippen MR) is 67.9 cm³/mol. The third-order valence-electron chi connectivity index (χ3n) is 3.75. The van der Waals surface area contributed by atoms with Crippen LogP contribution in [-0.4, -0.2) is 21.9 Å². The Balaban J connectivity index is 1.69. The molecule has 0 bridgehead atoms. The van der Waals surface area contributed by atoms with Crippen molar-refractivity contribution in [1.82, 2.24) is 10.1 Å². The SMILES string of the molecule is NC1CCC(c2nc(C3CCCCS3)no2)C1. The summed E-state index contributed by atoms with van der Waals surface area (Å²) in [6.45, 7) is 0. The Morgan fingerprint density at radius 1 is 1.24 bits per heavy atom. The maximum Gasteiger partial charge on any atom is 0.229 e. The van der Waals surface area contributed by atoms with E-state index >= 15 is 0 Å². The molecule has 4 nitrogen and oxygen atoms in total. The summed E-state index contributed by atoms with van der Waals surface area (Å²) in [5.74, 6) is 3.35. The van der Waals surface area contributed by atoms with E-state index in [-0.39, 0.29) is 0 Å². The van der Waals surface area contributed by atoms with E-state index in [1.165, 1.54) is 25.0 Å². The molecular formula is C12H19N3OS. The third kappa shape index (κ3) is 2.50. The molecule has 2 N–H and O–H groups in total. The lowest BCUT2D eigenvalue weighted by Crippen LogP contribution is -2.14. The van der Waals surface area contributed by atoms with Crippen molar-refractivity contribution in [2.45, 2.75) is 55.7 Å². The van der Waals surface area contributed by atoms with Gasteiger partial charge < -0.3 is 10.3 Å². The molecule has 3 unspecified atom stereocenters. The van der Waals surface area contributed by atoms with Crippen molar-refractivity contribution in [3.05, 3.63) is 11.7 Å². The molecule has 1 saturated carbocycles. The van der Waals surface area contributed by atoms with Crippen molar-refractivity contribution in [2.24, 2.45) is 5.73 Å². The van der Waals surface area contributed by atoms with Crippen molar-refractivity contribution in [2.75, 3.05) is 5.75 Å². The van der Waals surface area contributed by atoms with Crippen LogP contribution < -0.4 is 5.73 Å². The van der Waals surface area contributed by atoms with E-state index in [4.69, 9.17) is 10.3 Å². The van der Waals surface area contributed by atoms with Crippen LogP contribution in [-0.2, 0) is 0 Å². The molecular weight excluding hydrogens is 234 g/mol. The van der Waals surface area contributed by atoms with Gasteiger partial charge in [0, 0.05) is 12.0 Å². The van der Waals surface area contributed by atoms with Crippen LogP contribution in [0.3, 0.4) is 0 Å². The zero-order valence-corrected chi connectivity index (χ0v) is 10.8. The van der Waals surface area contributed by atoms with E-state index in [1.54, 1.807) is 0 Å². The minimum atomic E-state index is 0.319. The van der Waals surface area contributed by atoms with Crippen molar-refractivity contribution < 1.29 is 4.52 Å². The first-order valence-corrected chi connectivity index (χ1v) is 7.58. The summed E-state index contributed by atoms with van der Waals surface area (Å²) in [5.41, 5.74) is 5.92. The Kier molecular flexibility index (Phi) is 3.38. The molecule has 2 aliphatic rings. The largest absolute Gasteiger partial charge is 0.339 e. The number of nitrogens with zero attached hydrogens (tertiary/aromatic N) is 2. The van der Waals surface area contributed by atoms with Gasteiger partial charge in [0.15, 0.2) is 5.82 Å². The molecule has 3 rings (SSSR count). The Morgan fingerprint density at radius 3 is 2.88 bits per heavy atom. The molecule has 1 aliphatic carbocycles. The summed E-state index contributed by atoms with van der Waals surface area (Å²) >= 11 is 1.96. The molecule has 94 valence electrons. The average molecular weight is 253 g/mol. The van der Waals surface area contributed by atoms with Crippen LogP contribution in [0.1, 0.15) is 61.4 Å². The zero-order valence-electron chi connectivity index (χ0n) is 9.97. The van der Waals surface area contributed by atoms with Crippen LogP contribution >= 0.6 is 11.8 Å². The molecule has 2 fully saturated rings. The molecule has 0 amide bonds. The van der Waals surface area contributed by atoms with E-state index in [2.05, 4.69) is 10.1 Å². The highest BCUT2D eigenvalue weighted by Crippen LogP contribution is 2.38. The maximum atomic E-state index is 5.92. The number of nitrogens with two attached hydrogens (primary N) is 1. The summed E-state index contributed by atoms with van der Waals surface area (Å²) in [6, 6.07) is 0.319. The lowest BCUT2D eigenvalue weighted by Gasteiger charge is -2.17. The van der Waals surface area contributed by atoms with Gasteiger partial charge in [-0.2, -0.15) is 16.7 Å². The first-order valence-electron chi connectivity index (χ1n) is 6.53. The van der Waals surface area contributed by atoms with Gasteiger partial charge in [-0.15, -0.1) is 0 Å². The van der Waals surface area contributed by atoms with E-state index in [0.29, 0.717) is 17.2 Å². The van der Waals surface area contributed by atoms with E-state index in [0.717, 1.165) is 31.0 Å². The van der Waals surface area contributed by atoms with Crippen LogP contribution in [0, 0.1) is 0 Å². The maximum absolute atomic E-state index is 5.92. The lowest BCUT2D eigenvalue weighted by atomic mass is 10.1. The fraction of sp³-hybridized carbons (Fsp3) is 0.833. The molecule has 5 heteroatoms. The van der Waals surface area contributed by atoms with Gasteiger partial charge in [0.25, 0.3) is 0 Å². The molecule has 0 radical (unpaired) electrons. The van der Waals surface area contributed by atoms with Gasteiger partial charge >= 0.3 is 0 Å². The molecule has 0 aromatic carbocycles. The topological polar surface area (TPSA) is 64.9 Å². The number of hydrogen-bond acceptors (Lipinski definition) is 5. The van der Waals surface area contributed by atoms with E-state index in [1.807, 2.05) is 11.8 Å². The summed E-state index contributed by atoms with van der Waals surface area (Å²) < 4.78 is 5.42. The minimum Gasteiger partial charge on any atom is -0.339 e. The van der Waals surface area contributed by atoms with E-state index < -0.39 is 0 Å². The zero-order chi connectivity index (χ0) is 11.7. The second-order valence-electron chi connectivity index (χ2n) is 5.12. The van der Waals surface area contributed by atoms with Gasteiger partial charge in [-0.3, -0.25) is 0 Å². The van der Waals surface area contributed by atoms with Crippen molar-refractivity contribution in [3.63, 3.8) is 0 Å². The second kappa shape index (κ2) is 4.98. The first-order chi connectivity index (χ1) is 8.33. The van der Waals surface area contributed by atoms with Crippen LogP contribution in [0.15, 0.2) is 4.52 Å². The molecule has 0 spiro atoms. The molecule has 1 aliphatic heterocycles. The molecule has 1 saturated heterocycles. The minimum absolute atomic E-state index is 0.319. The Bertz CT molecular complexity index is 356. The lowest BCUT2D eigenvalue weighted by molar-refractivity contribution is 0.348. The van der Waals surface area contributed by atoms with Gasteiger partial charge in [0.2, 0.25) is 5.89 Å². The standard InChI is InChI=1S/C12H19N3OS/c13-9-5-4-8(7-9)12-14-11(15-16-12)10-3-1-2-6-17-10/h8-10H,1-7,13H2. The van der Waals surface area contributed by atoms with Crippen LogP contribution in [0.25, 0.3) is 0 Å². The summed E-state index contributed by atoms with van der Waals surface area (Å²) in [4.78, 5) is 4.60. The normalized spacial score (nSPS) is 34.1. The van der Waals surface area contributed by atoms with Gasteiger partial charge in [-0.25, -0.2) is 0 Å². The fourth-order valence-corrected chi connectivity index (χ4v) is 3.96. The highest BCUT2D eigenvalue weighted by molar-refractivity contribution is 7.99. The third-order valence-corrected chi connectivity index (χ3v) is 5.12. The molecule has 2 heterocycles. The van der Waals surface area contributed by atoms with E-state index in [9.17, 15) is 0 Å². The number of aromatic nitrogens is 2. The number of thioether (sulfide) groups is 1.